The van der Waals surface area contributed by atoms with Crippen molar-refractivity contribution < 1.29 is 9.90 Å². The van der Waals surface area contributed by atoms with E-state index in [1.807, 2.05) is 0 Å². The number of aliphatic hydroxyl groups excluding tert-OH is 1. The second-order valence-electron chi connectivity index (χ2n) is 4.16. The Morgan fingerprint density at radius 1 is 1.60 bits per heavy atom. The lowest BCUT2D eigenvalue weighted by Gasteiger charge is -2.42. The molecule has 1 amide bonds. The molecule has 0 radical (unpaired) electrons. The minimum absolute atomic E-state index is 0.0167. The van der Waals surface area contributed by atoms with Crippen molar-refractivity contribution in [3.05, 3.63) is 12.7 Å². The molecule has 0 aliphatic carbocycles. The molecule has 1 saturated heterocycles. The van der Waals surface area contributed by atoms with Crippen molar-refractivity contribution in [1.82, 2.24) is 9.80 Å². The Kier molecular flexibility index (Phi) is 4.29. The largest absolute Gasteiger partial charge is 0.394 e. The van der Waals surface area contributed by atoms with Gasteiger partial charge in [-0.15, -0.1) is 0 Å². The van der Waals surface area contributed by atoms with E-state index in [0.717, 1.165) is 13.1 Å². The summed E-state index contributed by atoms with van der Waals surface area (Å²) < 4.78 is 0. The standard InChI is InChI=1S/C11H20N2O2/c1-4-11(15)13-6-5-12(9(2)3)7-10(13)8-14/h4,9-10,14H,1,5-8H2,2-3H3. The molecule has 4 nitrogen and oxygen atoms in total. The van der Waals surface area contributed by atoms with Crippen molar-refractivity contribution in [2.24, 2.45) is 0 Å². The lowest BCUT2D eigenvalue weighted by Crippen LogP contribution is -2.57. The molecule has 4 heteroatoms. The summed E-state index contributed by atoms with van der Waals surface area (Å²) in [5.74, 6) is -0.0857. The second-order valence-corrected chi connectivity index (χ2v) is 4.16. The lowest BCUT2D eigenvalue weighted by molar-refractivity contribution is -0.132. The van der Waals surface area contributed by atoms with E-state index in [9.17, 15) is 9.90 Å². The van der Waals surface area contributed by atoms with Crippen LogP contribution < -0.4 is 0 Å². The van der Waals surface area contributed by atoms with Gasteiger partial charge in [-0.1, -0.05) is 6.58 Å². The molecule has 0 saturated carbocycles. The minimum atomic E-state index is -0.0911. The number of carbonyl (C=O) groups excluding carboxylic acids is 1. The van der Waals surface area contributed by atoms with Gasteiger partial charge in [0.1, 0.15) is 0 Å². The molecule has 1 N–H and O–H groups in total. The van der Waals surface area contributed by atoms with Crippen LogP contribution in [-0.2, 0) is 4.79 Å². The summed E-state index contributed by atoms with van der Waals surface area (Å²) in [6.07, 6.45) is 1.31. The summed E-state index contributed by atoms with van der Waals surface area (Å²) in [6, 6.07) is 0.367. The Morgan fingerprint density at radius 2 is 2.27 bits per heavy atom. The van der Waals surface area contributed by atoms with Gasteiger partial charge in [0.2, 0.25) is 5.91 Å². The van der Waals surface area contributed by atoms with E-state index >= 15 is 0 Å². The zero-order valence-corrected chi connectivity index (χ0v) is 9.52. The van der Waals surface area contributed by atoms with Gasteiger partial charge < -0.3 is 10.0 Å². The number of hydrogen-bond donors (Lipinski definition) is 1. The Bertz CT molecular complexity index is 241. The van der Waals surface area contributed by atoms with Crippen molar-refractivity contribution in [2.75, 3.05) is 26.2 Å². The van der Waals surface area contributed by atoms with E-state index in [4.69, 9.17) is 0 Å². The molecule has 1 rings (SSSR count). The molecule has 1 heterocycles. The lowest BCUT2D eigenvalue weighted by atomic mass is 10.1. The fraction of sp³-hybridized carbons (Fsp3) is 0.727. The van der Waals surface area contributed by atoms with Crippen LogP contribution in [0.15, 0.2) is 12.7 Å². The third kappa shape index (κ3) is 2.79. The highest BCUT2D eigenvalue weighted by Gasteiger charge is 2.29. The fourth-order valence-corrected chi connectivity index (χ4v) is 1.91. The molecule has 86 valence electrons. The predicted octanol–water partition coefficient (Wildman–Crippen LogP) is 0.0859. The van der Waals surface area contributed by atoms with Gasteiger partial charge in [-0.3, -0.25) is 9.69 Å². The van der Waals surface area contributed by atoms with Crippen LogP contribution in [-0.4, -0.2) is 59.1 Å². The van der Waals surface area contributed by atoms with Gasteiger partial charge in [0.15, 0.2) is 0 Å². The molecule has 1 unspecified atom stereocenters. The van der Waals surface area contributed by atoms with Gasteiger partial charge in [-0.25, -0.2) is 0 Å². The molecule has 1 atom stereocenters. The maximum absolute atomic E-state index is 11.5. The van der Waals surface area contributed by atoms with E-state index in [2.05, 4.69) is 25.3 Å². The Balaban J connectivity index is 2.64. The smallest absolute Gasteiger partial charge is 0.246 e. The molecule has 0 aromatic heterocycles. The van der Waals surface area contributed by atoms with Gasteiger partial charge in [0.05, 0.1) is 12.6 Å². The molecule has 0 spiro atoms. The van der Waals surface area contributed by atoms with Crippen molar-refractivity contribution in [2.45, 2.75) is 25.9 Å². The van der Waals surface area contributed by atoms with Crippen molar-refractivity contribution in [1.29, 1.82) is 0 Å². The van der Waals surface area contributed by atoms with Crippen LogP contribution in [0.2, 0.25) is 0 Å². The van der Waals surface area contributed by atoms with E-state index in [1.54, 1.807) is 4.90 Å². The van der Waals surface area contributed by atoms with Crippen molar-refractivity contribution in [3.8, 4) is 0 Å². The van der Waals surface area contributed by atoms with Crippen LogP contribution in [0.1, 0.15) is 13.8 Å². The first-order valence-electron chi connectivity index (χ1n) is 5.38. The van der Waals surface area contributed by atoms with Crippen LogP contribution in [0.3, 0.4) is 0 Å². The Morgan fingerprint density at radius 3 is 2.73 bits per heavy atom. The highest BCUT2D eigenvalue weighted by Crippen LogP contribution is 2.12. The first kappa shape index (κ1) is 12.2. The average molecular weight is 212 g/mol. The number of nitrogens with zero attached hydrogens (tertiary/aromatic N) is 2. The zero-order valence-electron chi connectivity index (χ0n) is 9.52. The maximum Gasteiger partial charge on any atom is 0.246 e. The number of hydrogen-bond acceptors (Lipinski definition) is 3. The van der Waals surface area contributed by atoms with Crippen LogP contribution in [0.25, 0.3) is 0 Å². The number of rotatable bonds is 3. The van der Waals surface area contributed by atoms with Crippen LogP contribution in [0.5, 0.6) is 0 Å². The highest BCUT2D eigenvalue weighted by atomic mass is 16.3. The summed E-state index contributed by atoms with van der Waals surface area (Å²) in [4.78, 5) is 15.5. The molecular formula is C11H20N2O2. The normalized spacial score (nSPS) is 23.2. The zero-order chi connectivity index (χ0) is 11.4. The van der Waals surface area contributed by atoms with E-state index in [1.165, 1.54) is 6.08 Å². The van der Waals surface area contributed by atoms with E-state index < -0.39 is 0 Å². The molecular weight excluding hydrogens is 192 g/mol. The Hall–Kier alpha value is -0.870. The third-order valence-electron chi connectivity index (χ3n) is 2.91. The van der Waals surface area contributed by atoms with Gasteiger partial charge in [0.25, 0.3) is 0 Å². The molecule has 1 aliphatic rings. The SMILES string of the molecule is C=CC(=O)N1CCN(C(C)C)CC1CO. The number of aliphatic hydroxyl groups is 1. The second kappa shape index (κ2) is 5.28. The van der Waals surface area contributed by atoms with E-state index in [0.29, 0.717) is 12.6 Å². The summed E-state index contributed by atoms with van der Waals surface area (Å²) in [6.45, 7) is 10.0. The summed E-state index contributed by atoms with van der Waals surface area (Å²) in [5, 5.41) is 9.25. The van der Waals surface area contributed by atoms with Crippen molar-refractivity contribution >= 4 is 5.91 Å². The molecule has 1 fully saturated rings. The van der Waals surface area contributed by atoms with Crippen molar-refractivity contribution in [3.63, 3.8) is 0 Å². The summed E-state index contributed by atoms with van der Waals surface area (Å²) >= 11 is 0. The molecule has 0 aromatic rings. The number of carbonyl (C=O) groups is 1. The number of amides is 1. The summed E-state index contributed by atoms with van der Waals surface area (Å²) in [5.41, 5.74) is 0. The molecule has 0 bridgehead atoms. The van der Waals surface area contributed by atoms with Gasteiger partial charge >= 0.3 is 0 Å². The fourth-order valence-electron chi connectivity index (χ4n) is 1.91. The third-order valence-corrected chi connectivity index (χ3v) is 2.91. The molecule has 0 aromatic carbocycles. The highest BCUT2D eigenvalue weighted by molar-refractivity contribution is 5.87. The quantitative estimate of drug-likeness (QED) is 0.674. The maximum atomic E-state index is 11.5. The first-order valence-corrected chi connectivity index (χ1v) is 5.38. The van der Waals surface area contributed by atoms with E-state index in [-0.39, 0.29) is 18.6 Å². The minimum Gasteiger partial charge on any atom is -0.394 e. The van der Waals surface area contributed by atoms with Gasteiger partial charge in [-0.05, 0) is 19.9 Å². The number of piperazine rings is 1. The van der Waals surface area contributed by atoms with Crippen LogP contribution in [0.4, 0.5) is 0 Å². The average Bonchev–Trinajstić information content (AvgIpc) is 2.27. The first-order chi connectivity index (χ1) is 7.10. The summed E-state index contributed by atoms with van der Waals surface area (Å²) in [7, 11) is 0. The monoisotopic (exact) mass is 212 g/mol. The topological polar surface area (TPSA) is 43.8 Å². The van der Waals surface area contributed by atoms with Crippen LogP contribution >= 0.6 is 0 Å². The predicted molar refractivity (Wildman–Crippen MR) is 59.5 cm³/mol. The van der Waals surface area contributed by atoms with Crippen LogP contribution in [0, 0.1) is 0 Å². The molecule has 1 aliphatic heterocycles. The Labute approximate surface area is 91.2 Å². The van der Waals surface area contributed by atoms with Gasteiger partial charge in [0, 0.05) is 25.7 Å². The molecule has 15 heavy (non-hydrogen) atoms. The van der Waals surface area contributed by atoms with Gasteiger partial charge in [-0.2, -0.15) is 0 Å².